The first-order valence-electron chi connectivity index (χ1n) is 12.7. The van der Waals surface area contributed by atoms with E-state index in [2.05, 4.69) is 15.3 Å². The van der Waals surface area contributed by atoms with Crippen LogP contribution in [0, 0.1) is 11.7 Å². The first-order chi connectivity index (χ1) is 18.8. The third kappa shape index (κ3) is 5.57. The summed E-state index contributed by atoms with van der Waals surface area (Å²) in [5.74, 6) is -0.312. The van der Waals surface area contributed by atoms with Crippen LogP contribution in [0.2, 0.25) is 10.0 Å². The second kappa shape index (κ2) is 11.5. The number of likely N-dealkylation sites (N-methyl/N-ethyl adjacent to an activating group) is 1. The Balaban J connectivity index is 1.42. The number of Topliss-reactive ketones (excluding diaryl/α,β-unsaturated/α-hetero) is 1. The summed E-state index contributed by atoms with van der Waals surface area (Å²) in [6, 6.07) is 12.5. The minimum atomic E-state index is -1.20. The molecule has 1 aromatic heterocycles. The number of amides is 1. The molecule has 0 saturated carbocycles. The Labute approximate surface area is 236 Å². The van der Waals surface area contributed by atoms with Crippen LogP contribution in [0.1, 0.15) is 24.3 Å². The highest BCUT2D eigenvalue weighted by atomic mass is 35.5. The highest BCUT2D eigenvalue weighted by molar-refractivity contribution is 6.30. The zero-order valence-electron chi connectivity index (χ0n) is 21.3. The van der Waals surface area contributed by atoms with Crippen LogP contribution in [0.15, 0.2) is 60.9 Å². The third-order valence-electron chi connectivity index (χ3n) is 7.66. The largest absolute Gasteiger partial charge is 0.415 e. The molecule has 0 radical (unpaired) electrons. The van der Waals surface area contributed by atoms with E-state index in [1.165, 1.54) is 29.2 Å². The average Bonchev–Trinajstić information content (AvgIpc) is 3.40. The van der Waals surface area contributed by atoms with Gasteiger partial charge >= 0.3 is 6.09 Å². The Morgan fingerprint density at radius 2 is 1.67 bits per heavy atom. The molecular formula is C28H28Cl2FN5O3. The van der Waals surface area contributed by atoms with Gasteiger partial charge in [-0.1, -0.05) is 35.3 Å². The van der Waals surface area contributed by atoms with Crippen LogP contribution in [0.4, 0.5) is 15.1 Å². The van der Waals surface area contributed by atoms with Crippen molar-refractivity contribution in [2.24, 2.45) is 5.92 Å². The van der Waals surface area contributed by atoms with E-state index in [1.807, 2.05) is 17.0 Å². The van der Waals surface area contributed by atoms with Crippen LogP contribution in [-0.4, -0.2) is 65.5 Å². The molecule has 8 nitrogen and oxygen atoms in total. The summed E-state index contributed by atoms with van der Waals surface area (Å²) in [5, 5.41) is 4.39. The minimum absolute atomic E-state index is 0.0253. The molecule has 0 aliphatic carbocycles. The van der Waals surface area contributed by atoms with Gasteiger partial charge in [0.15, 0.2) is 5.78 Å². The van der Waals surface area contributed by atoms with E-state index in [9.17, 15) is 14.0 Å². The fraction of sp³-hybridized carbons (Fsp3) is 0.357. The molecular weight excluding hydrogens is 544 g/mol. The summed E-state index contributed by atoms with van der Waals surface area (Å²) in [6.45, 7) is 1.96. The molecule has 204 valence electrons. The van der Waals surface area contributed by atoms with Crippen LogP contribution < -0.4 is 15.0 Å². The van der Waals surface area contributed by atoms with Crippen molar-refractivity contribution in [1.29, 1.82) is 0 Å². The number of ketones is 1. The standard InChI is InChI=1S/C28H28Cl2FN5O3/c1-35(27(38)39-23-8-6-22(31)7-9-23)28(17-32-16-24(28)18-2-4-20(29)5-3-18)25(37)19-10-12-36(13-11-19)26-33-14-21(30)15-34-26/h2-9,14-15,19,24,32H,10-13,16-17H2,1H3/t24-,28+/m0/s1. The lowest BCUT2D eigenvalue weighted by Gasteiger charge is -2.44. The van der Waals surface area contributed by atoms with Crippen molar-refractivity contribution in [3.8, 4) is 5.75 Å². The second-order valence-electron chi connectivity index (χ2n) is 9.87. The van der Waals surface area contributed by atoms with Crippen LogP contribution in [0.5, 0.6) is 5.75 Å². The topological polar surface area (TPSA) is 87.7 Å². The quantitative estimate of drug-likeness (QED) is 0.447. The van der Waals surface area contributed by atoms with Gasteiger partial charge in [0.25, 0.3) is 0 Å². The lowest BCUT2D eigenvalue weighted by Crippen LogP contribution is -2.62. The predicted octanol–water partition coefficient (Wildman–Crippen LogP) is 4.96. The number of nitrogens with one attached hydrogen (secondary N) is 1. The number of hydrogen-bond acceptors (Lipinski definition) is 7. The van der Waals surface area contributed by atoms with E-state index in [1.54, 1.807) is 31.6 Å². The Morgan fingerprint density at radius 1 is 1.03 bits per heavy atom. The molecule has 0 bridgehead atoms. The molecule has 0 unspecified atom stereocenters. The van der Waals surface area contributed by atoms with Gasteiger partial charge in [0.1, 0.15) is 17.1 Å². The first-order valence-corrected chi connectivity index (χ1v) is 13.5. The molecule has 3 aromatic rings. The smallest absolute Gasteiger partial charge is 0.410 e. The van der Waals surface area contributed by atoms with Gasteiger partial charge in [-0.25, -0.2) is 19.2 Å². The van der Waals surface area contributed by atoms with Gasteiger partial charge in [0.05, 0.1) is 17.4 Å². The number of rotatable bonds is 6. The lowest BCUT2D eigenvalue weighted by atomic mass is 9.72. The van der Waals surface area contributed by atoms with E-state index >= 15 is 0 Å². The third-order valence-corrected chi connectivity index (χ3v) is 8.11. The molecule has 0 spiro atoms. The Morgan fingerprint density at radius 3 is 2.31 bits per heavy atom. The Hall–Kier alpha value is -3.27. The maximum absolute atomic E-state index is 14.5. The van der Waals surface area contributed by atoms with E-state index in [4.69, 9.17) is 27.9 Å². The summed E-state index contributed by atoms with van der Waals surface area (Å²) in [4.78, 5) is 40.0. The average molecular weight is 572 g/mol. The second-order valence-corrected chi connectivity index (χ2v) is 10.7. The monoisotopic (exact) mass is 571 g/mol. The van der Waals surface area contributed by atoms with Crippen molar-refractivity contribution >= 4 is 41.0 Å². The maximum atomic E-state index is 14.5. The Bertz CT molecular complexity index is 1320. The number of benzene rings is 2. The van der Waals surface area contributed by atoms with Crippen molar-refractivity contribution < 1.29 is 18.7 Å². The van der Waals surface area contributed by atoms with Gasteiger partial charge in [-0.15, -0.1) is 0 Å². The number of anilines is 1. The van der Waals surface area contributed by atoms with Crippen LogP contribution in [0.3, 0.4) is 0 Å². The van der Waals surface area contributed by atoms with Gasteiger partial charge in [0.2, 0.25) is 5.95 Å². The molecule has 2 aliphatic rings. The van der Waals surface area contributed by atoms with E-state index < -0.39 is 17.4 Å². The first kappa shape index (κ1) is 27.3. The number of halogens is 3. The number of aromatic nitrogens is 2. The number of nitrogens with zero attached hydrogens (tertiary/aromatic N) is 4. The SMILES string of the molecule is CN(C(=O)Oc1ccc(F)cc1)[C@]1(C(=O)C2CCN(c3ncc(Cl)cn3)CC2)CNC[C@H]1c1ccc(Cl)cc1. The molecule has 3 heterocycles. The fourth-order valence-corrected chi connectivity index (χ4v) is 5.79. The number of ether oxygens (including phenoxy) is 1. The summed E-state index contributed by atoms with van der Waals surface area (Å²) in [6.07, 6.45) is 3.59. The van der Waals surface area contributed by atoms with Gasteiger partial charge in [-0.3, -0.25) is 9.69 Å². The molecule has 2 saturated heterocycles. The summed E-state index contributed by atoms with van der Waals surface area (Å²) >= 11 is 12.1. The summed E-state index contributed by atoms with van der Waals surface area (Å²) in [7, 11) is 1.59. The van der Waals surface area contributed by atoms with Crippen LogP contribution in [-0.2, 0) is 4.79 Å². The van der Waals surface area contributed by atoms with Gasteiger partial charge in [-0.05, 0) is 54.8 Å². The number of piperidine rings is 1. The van der Waals surface area contributed by atoms with E-state index in [0.717, 1.165) is 5.56 Å². The Kier molecular flexibility index (Phi) is 8.02. The highest BCUT2D eigenvalue weighted by Crippen LogP contribution is 2.41. The minimum Gasteiger partial charge on any atom is -0.410 e. The van der Waals surface area contributed by atoms with E-state index in [-0.39, 0.29) is 29.9 Å². The predicted molar refractivity (Wildman–Crippen MR) is 147 cm³/mol. The molecule has 1 N–H and O–H groups in total. The zero-order chi connectivity index (χ0) is 27.6. The zero-order valence-corrected chi connectivity index (χ0v) is 22.8. The van der Waals surface area contributed by atoms with Crippen molar-refractivity contribution in [2.45, 2.75) is 24.3 Å². The number of carbonyl (C=O) groups is 2. The molecule has 2 aliphatic heterocycles. The molecule has 2 atom stereocenters. The number of hydrogen-bond donors (Lipinski definition) is 1. The fourth-order valence-electron chi connectivity index (χ4n) is 5.56. The maximum Gasteiger partial charge on any atom is 0.415 e. The van der Waals surface area contributed by atoms with Gasteiger partial charge in [-0.2, -0.15) is 0 Å². The highest BCUT2D eigenvalue weighted by Gasteiger charge is 2.56. The van der Waals surface area contributed by atoms with Gasteiger partial charge in [0, 0.05) is 50.1 Å². The lowest BCUT2D eigenvalue weighted by molar-refractivity contribution is -0.134. The summed E-state index contributed by atoms with van der Waals surface area (Å²) < 4.78 is 19.0. The van der Waals surface area contributed by atoms with Crippen molar-refractivity contribution in [1.82, 2.24) is 20.2 Å². The van der Waals surface area contributed by atoms with Crippen molar-refractivity contribution in [3.05, 3.63) is 82.4 Å². The molecule has 39 heavy (non-hydrogen) atoms. The van der Waals surface area contributed by atoms with E-state index in [0.29, 0.717) is 48.5 Å². The van der Waals surface area contributed by atoms with Gasteiger partial charge < -0.3 is 15.0 Å². The normalized spacial score (nSPS) is 21.5. The molecule has 5 rings (SSSR count). The molecule has 2 fully saturated rings. The van der Waals surface area contributed by atoms with Crippen molar-refractivity contribution in [3.63, 3.8) is 0 Å². The molecule has 11 heteroatoms. The number of carbonyl (C=O) groups excluding carboxylic acids is 2. The molecule has 1 amide bonds. The van der Waals surface area contributed by atoms with Crippen LogP contribution >= 0.6 is 23.2 Å². The molecule has 2 aromatic carbocycles. The summed E-state index contributed by atoms with van der Waals surface area (Å²) in [5.41, 5.74) is -0.305. The van der Waals surface area contributed by atoms with Crippen molar-refractivity contribution in [2.75, 3.05) is 38.1 Å². The van der Waals surface area contributed by atoms with Crippen LogP contribution in [0.25, 0.3) is 0 Å².